The number of hydrogen-bond acceptors (Lipinski definition) is 7. The Hall–Kier alpha value is -0.950. The van der Waals surface area contributed by atoms with E-state index < -0.39 is 37.0 Å². The number of ether oxygens (including phenoxy) is 1. The molecule has 0 bridgehead atoms. The summed E-state index contributed by atoms with van der Waals surface area (Å²) in [5.74, 6) is 0. The Balaban J connectivity index is 0.000000277. The van der Waals surface area contributed by atoms with Crippen LogP contribution >= 0.6 is 0 Å². The van der Waals surface area contributed by atoms with Gasteiger partial charge in [0.05, 0.1) is 5.25 Å². The maximum atomic E-state index is 11.4. The zero-order chi connectivity index (χ0) is 18.1. The lowest BCUT2D eigenvalue weighted by Gasteiger charge is -2.38. The highest BCUT2D eigenvalue weighted by Gasteiger charge is 2.39. The van der Waals surface area contributed by atoms with E-state index in [4.69, 9.17) is 15.0 Å². The molecule has 0 unspecified atom stereocenters. The molecule has 10 nitrogen and oxygen atoms in total. The van der Waals surface area contributed by atoms with Gasteiger partial charge in [0.1, 0.15) is 10.9 Å². The van der Waals surface area contributed by atoms with Crippen LogP contribution in [0.25, 0.3) is 0 Å². The number of primary sulfonamides is 2. The molecule has 0 saturated carbocycles. The predicted molar refractivity (Wildman–Crippen MR) is 84.5 cm³/mol. The normalized spacial score (nSPS) is 20.0. The first-order valence-electron chi connectivity index (χ1n) is 6.92. The molecule has 0 aliphatic carbocycles. The standard InChI is InChI=1S/C8H16N2O4S.C3H8N2O2S/c1-8(2,3)14-7(11)10-4-6(5-10)15(9,12)13;4-8(6,7)3-1-5-2-3/h6H,4-5H2,1-3H3,(H2,9,12,13);3,5H,1-2H2,(H2,4,6,7). The molecule has 0 aromatic carbocycles. The first kappa shape index (κ1) is 20.1. The van der Waals surface area contributed by atoms with E-state index in [1.165, 1.54) is 4.90 Å². The van der Waals surface area contributed by atoms with Crippen molar-refractivity contribution in [3.8, 4) is 0 Å². The van der Waals surface area contributed by atoms with Crippen molar-refractivity contribution in [3.05, 3.63) is 0 Å². The summed E-state index contributed by atoms with van der Waals surface area (Å²) >= 11 is 0. The zero-order valence-electron chi connectivity index (χ0n) is 13.4. The molecule has 0 atom stereocenters. The second-order valence-corrected chi connectivity index (χ2v) is 10.2. The highest BCUT2D eigenvalue weighted by atomic mass is 32.2. The van der Waals surface area contributed by atoms with E-state index in [1.807, 2.05) is 0 Å². The monoisotopic (exact) mass is 372 g/mol. The summed E-state index contributed by atoms with van der Waals surface area (Å²) < 4.78 is 47.5. The Morgan fingerprint density at radius 2 is 1.48 bits per heavy atom. The van der Waals surface area contributed by atoms with Crippen LogP contribution in [0.2, 0.25) is 0 Å². The van der Waals surface area contributed by atoms with Crippen LogP contribution in [0.3, 0.4) is 0 Å². The number of carbonyl (C=O) groups excluding carboxylic acids is 1. The first-order chi connectivity index (χ1) is 10.2. The molecule has 23 heavy (non-hydrogen) atoms. The second-order valence-electron chi connectivity index (χ2n) is 6.47. The fourth-order valence-corrected chi connectivity index (χ4v) is 3.09. The van der Waals surface area contributed by atoms with Gasteiger partial charge < -0.3 is 15.0 Å². The van der Waals surface area contributed by atoms with Crippen LogP contribution in [0.4, 0.5) is 4.79 Å². The van der Waals surface area contributed by atoms with Crippen LogP contribution < -0.4 is 15.6 Å². The van der Waals surface area contributed by atoms with Gasteiger partial charge in [-0.15, -0.1) is 0 Å². The molecule has 2 rings (SSSR count). The summed E-state index contributed by atoms with van der Waals surface area (Å²) in [5, 5.41) is 11.5. The molecular formula is C11H24N4O6S2. The van der Waals surface area contributed by atoms with E-state index in [2.05, 4.69) is 5.32 Å². The number of carbonyl (C=O) groups is 1. The van der Waals surface area contributed by atoms with Crippen molar-refractivity contribution in [2.24, 2.45) is 10.3 Å². The molecule has 1 amide bonds. The van der Waals surface area contributed by atoms with Gasteiger partial charge in [-0.2, -0.15) is 0 Å². The number of rotatable bonds is 2. The average Bonchev–Trinajstić information content (AvgIpc) is 2.01. The summed E-state index contributed by atoms with van der Waals surface area (Å²) in [6.07, 6.45) is -0.498. The quantitative estimate of drug-likeness (QED) is 0.512. The van der Waals surface area contributed by atoms with Gasteiger partial charge in [0.15, 0.2) is 0 Å². The highest BCUT2D eigenvalue weighted by Crippen LogP contribution is 2.18. The number of likely N-dealkylation sites (tertiary alicyclic amines) is 1. The molecule has 0 aromatic rings. The average molecular weight is 372 g/mol. The van der Waals surface area contributed by atoms with E-state index in [1.54, 1.807) is 20.8 Å². The zero-order valence-corrected chi connectivity index (χ0v) is 15.0. The molecular weight excluding hydrogens is 348 g/mol. The van der Waals surface area contributed by atoms with Gasteiger partial charge in [0, 0.05) is 26.2 Å². The van der Waals surface area contributed by atoms with E-state index in [9.17, 15) is 21.6 Å². The molecule has 5 N–H and O–H groups in total. The molecule has 0 radical (unpaired) electrons. The van der Waals surface area contributed by atoms with Gasteiger partial charge in [-0.25, -0.2) is 31.9 Å². The van der Waals surface area contributed by atoms with Crippen molar-refractivity contribution in [3.63, 3.8) is 0 Å². The van der Waals surface area contributed by atoms with Gasteiger partial charge in [0.2, 0.25) is 20.0 Å². The molecule has 2 fully saturated rings. The predicted octanol–water partition coefficient (Wildman–Crippen LogP) is -1.86. The Morgan fingerprint density at radius 3 is 1.70 bits per heavy atom. The Morgan fingerprint density at radius 1 is 1.04 bits per heavy atom. The van der Waals surface area contributed by atoms with Crippen molar-refractivity contribution in [2.45, 2.75) is 36.9 Å². The third kappa shape index (κ3) is 6.59. The van der Waals surface area contributed by atoms with Crippen LogP contribution in [0, 0.1) is 0 Å². The molecule has 12 heteroatoms. The van der Waals surface area contributed by atoms with Crippen LogP contribution in [0.5, 0.6) is 0 Å². The number of nitrogens with two attached hydrogens (primary N) is 2. The summed E-state index contributed by atoms with van der Waals surface area (Å²) in [4.78, 5) is 12.7. The summed E-state index contributed by atoms with van der Waals surface area (Å²) in [7, 11) is -6.75. The minimum absolute atomic E-state index is 0.119. The van der Waals surface area contributed by atoms with Gasteiger partial charge in [-0.1, -0.05) is 0 Å². The lowest BCUT2D eigenvalue weighted by molar-refractivity contribution is 0.0139. The van der Waals surface area contributed by atoms with Crippen LogP contribution in [0.15, 0.2) is 0 Å². The fraction of sp³-hybridized carbons (Fsp3) is 0.909. The minimum Gasteiger partial charge on any atom is -0.444 e. The van der Waals surface area contributed by atoms with Crippen molar-refractivity contribution in [1.82, 2.24) is 10.2 Å². The Bertz CT molecular complexity index is 630. The maximum Gasteiger partial charge on any atom is 0.410 e. The lowest BCUT2D eigenvalue weighted by atomic mass is 10.2. The fourth-order valence-electron chi connectivity index (χ4n) is 1.62. The third-order valence-electron chi connectivity index (χ3n) is 3.17. The number of hydrogen-bond donors (Lipinski definition) is 3. The molecule has 2 aliphatic rings. The topological polar surface area (TPSA) is 162 Å². The van der Waals surface area contributed by atoms with E-state index in [0.717, 1.165) is 0 Å². The Kier molecular flexibility index (Phi) is 6.02. The van der Waals surface area contributed by atoms with Gasteiger partial charge in [-0.3, -0.25) is 0 Å². The summed E-state index contributed by atoms with van der Waals surface area (Å²) in [6.45, 7) is 6.52. The van der Waals surface area contributed by atoms with Crippen molar-refractivity contribution in [2.75, 3.05) is 26.2 Å². The number of sulfonamides is 2. The van der Waals surface area contributed by atoms with Crippen molar-refractivity contribution in [1.29, 1.82) is 0 Å². The van der Waals surface area contributed by atoms with Crippen LogP contribution in [0.1, 0.15) is 20.8 Å². The third-order valence-corrected chi connectivity index (χ3v) is 5.66. The smallest absolute Gasteiger partial charge is 0.410 e. The largest absolute Gasteiger partial charge is 0.444 e. The number of nitrogens with one attached hydrogen (secondary N) is 1. The van der Waals surface area contributed by atoms with Crippen LogP contribution in [-0.4, -0.2) is 70.1 Å². The Labute approximate surface area is 136 Å². The second kappa shape index (κ2) is 6.89. The maximum absolute atomic E-state index is 11.4. The molecule has 0 spiro atoms. The summed E-state index contributed by atoms with van der Waals surface area (Å²) in [5.41, 5.74) is -0.566. The summed E-state index contributed by atoms with van der Waals surface area (Å²) in [6, 6.07) is 0. The van der Waals surface area contributed by atoms with E-state index in [0.29, 0.717) is 13.1 Å². The van der Waals surface area contributed by atoms with Crippen molar-refractivity contribution < 1.29 is 26.4 Å². The van der Waals surface area contributed by atoms with Gasteiger partial charge in [0.25, 0.3) is 0 Å². The molecule has 136 valence electrons. The molecule has 0 aromatic heterocycles. The number of amides is 1. The van der Waals surface area contributed by atoms with Gasteiger partial charge >= 0.3 is 6.09 Å². The van der Waals surface area contributed by atoms with Crippen LogP contribution in [-0.2, 0) is 24.8 Å². The lowest BCUT2D eigenvalue weighted by Crippen LogP contribution is -2.59. The SMILES string of the molecule is CC(C)(C)OC(=O)N1CC(S(N)(=O)=O)C1.NS(=O)(=O)C1CNC1. The van der Waals surface area contributed by atoms with E-state index in [-0.39, 0.29) is 18.3 Å². The molecule has 2 saturated heterocycles. The van der Waals surface area contributed by atoms with Gasteiger partial charge in [-0.05, 0) is 20.8 Å². The highest BCUT2D eigenvalue weighted by molar-refractivity contribution is 7.90. The molecule has 2 aliphatic heterocycles. The minimum atomic E-state index is -3.53. The first-order valence-corrected chi connectivity index (χ1v) is 10.1. The van der Waals surface area contributed by atoms with E-state index >= 15 is 0 Å². The number of nitrogens with zero attached hydrogens (tertiary/aromatic N) is 1. The van der Waals surface area contributed by atoms with Crippen molar-refractivity contribution >= 4 is 26.1 Å². The molecule has 2 heterocycles.